The first-order valence-electron chi connectivity index (χ1n) is 9.50. The molecule has 0 spiro atoms. The molecule has 0 fully saturated rings. The largest absolute Gasteiger partial charge is 0.488 e. The quantitative estimate of drug-likeness (QED) is 0.551. The van der Waals surface area contributed by atoms with Gasteiger partial charge in [-0.3, -0.25) is 0 Å². The molecule has 0 saturated carbocycles. The second kappa shape index (κ2) is 9.19. The number of nitrogens with zero attached hydrogens (tertiary/aromatic N) is 1. The molecular formula is C23H23NO5. The molecule has 6 heteroatoms. The molecule has 2 aromatic carbocycles. The lowest BCUT2D eigenvalue weighted by Crippen LogP contribution is -2.12. The van der Waals surface area contributed by atoms with Gasteiger partial charge >= 0.3 is 11.9 Å². The number of pyridine rings is 1. The summed E-state index contributed by atoms with van der Waals surface area (Å²) < 4.78 is 16.3. The van der Waals surface area contributed by atoms with Crippen molar-refractivity contribution in [3.8, 4) is 5.75 Å². The van der Waals surface area contributed by atoms with Crippen molar-refractivity contribution in [2.24, 2.45) is 0 Å². The van der Waals surface area contributed by atoms with Crippen LogP contribution in [0.4, 0.5) is 0 Å². The Morgan fingerprint density at radius 3 is 2.31 bits per heavy atom. The van der Waals surface area contributed by atoms with Gasteiger partial charge in [0, 0.05) is 10.9 Å². The maximum Gasteiger partial charge on any atom is 0.357 e. The van der Waals surface area contributed by atoms with Gasteiger partial charge in [0.2, 0.25) is 0 Å². The summed E-state index contributed by atoms with van der Waals surface area (Å²) in [7, 11) is 0. The number of rotatable bonds is 7. The lowest BCUT2D eigenvalue weighted by atomic mass is 10.1. The zero-order valence-electron chi connectivity index (χ0n) is 16.7. The smallest absolute Gasteiger partial charge is 0.357 e. The van der Waals surface area contributed by atoms with Crippen molar-refractivity contribution in [1.82, 2.24) is 4.98 Å². The number of carbonyl (C=O) groups excluding carboxylic acids is 2. The molecule has 0 amide bonds. The molecule has 0 unspecified atom stereocenters. The van der Waals surface area contributed by atoms with E-state index in [2.05, 4.69) is 4.98 Å². The molecule has 6 nitrogen and oxygen atoms in total. The minimum absolute atomic E-state index is 0.200. The SMILES string of the molecule is CCOC(=O)c1ccc2nc(C(=O)OCC)c(C)c(OCc3ccccc3)c2c1. The average Bonchev–Trinajstić information content (AvgIpc) is 2.73. The summed E-state index contributed by atoms with van der Waals surface area (Å²) in [5.41, 5.74) is 2.68. The van der Waals surface area contributed by atoms with Crippen LogP contribution in [0.25, 0.3) is 10.9 Å². The Bertz CT molecular complexity index is 1030. The summed E-state index contributed by atoms with van der Waals surface area (Å²) in [5.74, 6) is -0.436. The van der Waals surface area contributed by atoms with Crippen LogP contribution in [0, 0.1) is 6.92 Å². The van der Waals surface area contributed by atoms with E-state index in [1.165, 1.54) is 0 Å². The maximum absolute atomic E-state index is 12.4. The topological polar surface area (TPSA) is 74.7 Å². The van der Waals surface area contributed by atoms with E-state index in [0.717, 1.165) is 5.56 Å². The van der Waals surface area contributed by atoms with Crippen LogP contribution >= 0.6 is 0 Å². The Hall–Kier alpha value is -3.41. The molecule has 0 aliphatic heterocycles. The lowest BCUT2D eigenvalue weighted by molar-refractivity contribution is 0.0511. The van der Waals surface area contributed by atoms with Crippen molar-refractivity contribution in [3.05, 3.63) is 70.9 Å². The maximum atomic E-state index is 12.4. The van der Waals surface area contributed by atoms with Gasteiger partial charge in [-0.2, -0.15) is 0 Å². The minimum atomic E-state index is -0.508. The summed E-state index contributed by atoms with van der Waals surface area (Å²) in [6, 6.07) is 14.7. The van der Waals surface area contributed by atoms with Crippen LogP contribution in [0.5, 0.6) is 5.75 Å². The third-order valence-electron chi connectivity index (χ3n) is 4.38. The minimum Gasteiger partial charge on any atom is -0.488 e. The molecule has 0 radical (unpaired) electrons. The molecule has 0 bridgehead atoms. The standard InChI is InChI=1S/C23H23NO5/c1-4-27-22(25)17-11-12-19-18(13-17)21(29-14-16-9-7-6-8-10-16)15(3)20(24-19)23(26)28-5-2/h6-13H,4-5,14H2,1-3H3. The Kier molecular flexibility index (Phi) is 6.44. The number of fused-ring (bicyclic) bond motifs is 1. The lowest BCUT2D eigenvalue weighted by Gasteiger charge is -2.15. The first-order chi connectivity index (χ1) is 14.0. The van der Waals surface area contributed by atoms with Gasteiger partial charge in [0.1, 0.15) is 12.4 Å². The van der Waals surface area contributed by atoms with Gasteiger partial charge in [0.05, 0.1) is 24.3 Å². The second-order valence-corrected chi connectivity index (χ2v) is 6.36. The molecule has 1 aromatic heterocycles. The van der Waals surface area contributed by atoms with E-state index in [1.54, 1.807) is 39.0 Å². The van der Waals surface area contributed by atoms with Crippen LogP contribution in [0.2, 0.25) is 0 Å². The van der Waals surface area contributed by atoms with Crippen molar-refractivity contribution in [2.75, 3.05) is 13.2 Å². The number of esters is 2. The van der Waals surface area contributed by atoms with E-state index in [1.807, 2.05) is 30.3 Å². The van der Waals surface area contributed by atoms with E-state index < -0.39 is 11.9 Å². The Balaban J connectivity index is 2.10. The summed E-state index contributed by atoms with van der Waals surface area (Å²) in [5, 5.41) is 0.636. The molecule has 0 atom stereocenters. The Labute approximate surface area is 169 Å². The fourth-order valence-electron chi connectivity index (χ4n) is 2.98. The fourth-order valence-corrected chi connectivity index (χ4v) is 2.98. The molecule has 1 heterocycles. The van der Waals surface area contributed by atoms with Crippen LogP contribution in [0.15, 0.2) is 48.5 Å². The number of hydrogen-bond acceptors (Lipinski definition) is 6. The van der Waals surface area contributed by atoms with Gasteiger partial charge in [0.15, 0.2) is 5.69 Å². The van der Waals surface area contributed by atoms with Gasteiger partial charge in [0.25, 0.3) is 0 Å². The number of carbonyl (C=O) groups is 2. The monoisotopic (exact) mass is 393 g/mol. The van der Waals surface area contributed by atoms with Gasteiger partial charge in [-0.05, 0) is 44.5 Å². The van der Waals surface area contributed by atoms with E-state index in [0.29, 0.717) is 34.4 Å². The summed E-state index contributed by atoms with van der Waals surface area (Å²) in [6.45, 7) is 6.10. The molecule has 3 aromatic rings. The average molecular weight is 393 g/mol. The van der Waals surface area contributed by atoms with Gasteiger partial charge < -0.3 is 14.2 Å². The summed E-state index contributed by atoms with van der Waals surface area (Å²) >= 11 is 0. The molecule has 0 aliphatic carbocycles. The van der Waals surface area contributed by atoms with E-state index in [4.69, 9.17) is 14.2 Å². The van der Waals surface area contributed by atoms with E-state index in [-0.39, 0.29) is 18.9 Å². The predicted octanol–water partition coefficient (Wildman–Crippen LogP) is 4.48. The molecule has 29 heavy (non-hydrogen) atoms. The van der Waals surface area contributed by atoms with Gasteiger partial charge in [-0.1, -0.05) is 30.3 Å². The zero-order valence-corrected chi connectivity index (χ0v) is 16.7. The molecule has 150 valence electrons. The Morgan fingerprint density at radius 2 is 1.62 bits per heavy atom. The van der Waals surface area contributed by atoms with Crippen molar-refractivity contribution >= 4 is 22.8 Å². The highest BCUT2D eigenvalue weighted by atomic mass is 16.5. The van der Waals surface area contributed by atoms with Crippen molar-refractivity contribution in [2.45, 2.75) is 27.4 Å². The third-order valence-corrected chi connectivity index (χ3v) is 4.38. The number of ether oxygens (including phenoxy) is 3. The number of hydrogen-bond donors (Lipinski definition) is 0. The normalized spacial score (nSPS) is 10.6. The fraction of sp³-hybridized carbons (Fsp3) is 0.261. The number of benzene rings is 2. The third kappa shape index (κ3) is 4.54. The highest BCUT2D eigenvalue weighted by Gasteiger charge is 2.21. The van der Waals surface area contributed by atoms with Crippen LogP contribution in [-0.4, -0.2) is 30.1 Å². The molecule has 0 aliphatic rings. The molecular weight excluding hydrogens is 370 g/mol. The molecule has 0 saturated heterocycles. The Morgan fingerprint density at radius 1 is 0.931 bits per heavy atom. The second-order valence-electron chi connectivity index (χ2n) is 6.36. The van der Waals surface area contributed by atoms with Gasteiger partial charge in [-0.25, -0.2) is 14.6 Å². The highest BCUT2D eigenvalue weighted by molar-refractivity contribution is 6.00. The molecule has 3 rings (SSSR count). The summed E-state index contributed by atoms with van der Waals surface area (Å²) in [4.78, 5) is 29.0. The van der Waals surface area contributed by atoms with Crippen molar-refractivity contribution in [3.63, 3.8) is 0 Å². The van der Waals surface area contributed by atoms with Crippen molar-refractivity contribution < 1.29 is 23.8 Å². The first-order valence-corrected chi connectivity index (χ1v) is 9.50. The van der Waals surface area contributed by atoms with E-state index in [9.17, 15) is 9.59 Å². The molecule has 0 N–H and O–H groups in total. The van der Waals surface area contributed by atoms with Crippen molar-refractivity contribution in [1.29, 1.82) is 0 Å². The van der Waals surface area contributed by atoms with E-state index >= 15 is 0 Å². The zero-order chi connectivity index (χ0) is 20.8. The predicted molar refractivity (Wildman–Crippen MR) is 109 cm³/mol. The first kappa shape index (κ1) is 20.3. The van der Waals surface area contributed by atoms with Crippen LogP contribution < -0.4 is 4.74 Å². The highest BCUT2D eigenvalue weighted by Crippen LogP contribution is 2.32. The summed E-state index contributed by atoms with van der Waals surface area (Å²) in [6.07, 6.45) is 0. The van der Waals surface area contributed by atoms with Gasteiger partial charge in [-0.15, -0.1) is 0 Å². The van der Waals surface area contributed by atoms with Crippen LogP contribution in [-0.2, 0) is 16.1 Å². The van der Waals surface area contributed by atoms with Crippen LogP contribution in [0.1, 0.15) is 45.8 Å². The number of aromatic nitrogens is 1. The van der Waals surface area contributed by atoms with Crippen LogP contribution in [0.3, 0.4) is 0 Å².